The van der Waals surface area contributed by atoms with Gasteiger partial charge in [0.05, 0.1) is 5.69 Å². The fraction of sp³-hybridized carbons (Fsp3) is 0.214. The molecule has 2 aromatic carbocycles. The van der Waals surface area contributed by atoms with Crippen LogP contribution in [-0.4, -0.2) is 16.5 Å². The predicted octanol–water partition coefficient (Wildman–Crippen LogP) is 6.98. The van der Waals surface area contributed by atoms with Crippen LogP contribution in [0.1, 0.15) is 37.3 Å². The molecule has 0 atom stereocenters. The average Bonchev–Trinajstić information content (AvgIpc) is 2.83. The summed E-state index contributed by atoms with van der Waals surface area (Å²) < 4.78 is 0. The SMILES string of the molecule is CC(C)c1cccc(-c2ccc(NCCCc3ccccc3)nc2-c2ccncc2)c1. The minimum atomic E-state index is 0.489. The first-order valence-corrected chi connectivity index (χ1v) is 11.0. The van der Waals surface area contributed by atoms with Gasteiger partial charge < -0.3 is 5.32 Å². The van der Waals surface area contributed by atoms with Gasteiger partial charge in [-0.2, -0.15) is 0 Å². The van der Waals surface area contributed by atoms with Crippen molar-refractivity contribution >= 4 is 5.82 Å². The number of rotatable bonds is 8. The molecule has 0 bridgehead atoms. The Hall–Kier alpha value is -3.46. The first-order chi connectivity index (χ1) is 15.2. The second-order valence-electron chi connectivity index (χ2n) is 8.12. The molecule has 2 aromatic heterocycles. The van der Waals surface area contributed by atoms with Gasteiger partial charge in [0.15, 0.2) is 0 Å². The molecular weight excluding hydrogens is 378 g/mol. The standard InChI is InChI=1S/C28H29N3/c1-21(2)24-11-6-12-25(20-24)26-13-14-27(31-28(26)23-15-18-29-19-16-23)30-17-7-10-22-8-4-3-5-9-22/h3-6,8-9,11-16,18-21H,7,10,17H2,1-2H3,(H,30,31). The van der Waals surface area contributed by atoms with E-state index in [-0.39, 0.29) is 0 Å². The summed E-state index contributed by atoms with van der Waals surface area (Å²) in [4.78, 5) is 9.18. The van der Waals surface area contributed by atoms with E-state index in [1.165, 1.54) is 16.7 Å². The van der Waals surface area contributed by atoms with E-state index in [0.717, 1.165) is 42.0 Å². The van der Waals surface area contributed by atoms with Crippen LogP contribution in [0.25, 0.3) is 22.4 Å². The Morgan fingerprint density at radius 2 is 1.61 bits per heavy atom. The zero-order valence-corrected chi connectivity index (χ0v) is 18.3. The Kier molecular flexibility index (Phi) is 6.73. The topological polar surface area (TPSA) is 37.8 Å². The molecule has 31 heavy (non-hydrogen) atoms. The van der Waals surface area contributed by atoms with Crippen molar-refractivity contribution in [3.05, 3.63) is 102 Å². The smallest absolute Gasteiger partial charge is 0.126 e. The van der Waals surface area contributed by atoms with Crippen LogP contribution in [0.4, 0.5) is 5.82 Å². The zero-order chi connectivity index (χ0) is 21.5. The lowest BCUT2D eigenvalue weighted by atomic mass is 9.95. The molecule has 0 aliphatic rings. The third-order valence-corrected chi connectivity index (χ3v) is 5.50. The molecule has 4 aromatic rings. The lowest BCUT2D eigenvalue weighted by molar-refractivity contribution is 0.859. The molecule has 3 nitrogen and oxygen atoms in total. The van der Waals surface area contributed by atoms with E-state index < -0.39 is 0 Å². The highest BCUT2D eigenvalue weighted by atomic mass is 15.0. The molecule has 0 aliphatic carbocycles. The van der Waals surface area contributed by atoms with Gasteiger partial charge in [0.25, 0.3) is 0 Å². The van der Waals surface area contributed by atoms with Crippen LogP contribution < -0.4 is 5.32 Å². The number of pyridine rings is 2. The Bertz CT molecular complexity index is 1110. The number of nitrogens with one attached hydrogen (secondary N) is 1. The number of nitrogens with zero attached hydrogens (tertiary/aromatic N) is 2. The Balaban J connectivity index is 1.57. The van der Waals surface area contributed by atoms with Gasteiger partial charge in [-0.25, -0.2) is 4.98 Å². The number of aryl methyl sites for hydroxylation is 1. The highest BCUT2D eigenvalue weighted by Gasteiger charge is 2.12. The Labute approximate surface area is 185 Å². The predicted molar refractivity (Wildman–Crippen MR) is 130 cm³/mol. The van der Waals surface area contributed by atoms with Crippen molar-refractivity contribution in [2.24, 2.45) is 0 Å². The number of hydrogen-bond donors (Lipinski definition) is 1. The van der Waals surface area contributed by atoms with Crippen molar-refractivity contribution in [3.8, 4) is 22.4 Å². The lowest BCUT2D eigenvalue weighted by Gasteiger charge is -2.14. The molecule has 0 saturated heterocycles. The fourth-order valence-corrected chi connectivity index (χ4v) is 3.74. The van der Waals surface area contributed by atoms with Crippen LogP contribution in [-0.2, 0) is 6.42 Å². The second-order valence-corrected chi connectivity index (χ2v) is 8.12. The zero-order valence-electron chi connectivity index (χ0n) is 18.3. The van der Waals surface area contributed by atoms with E-state index in [4.69, 9.17) is 4.98 Å². The third kappa shape index (κ3) is 5.37. The average molecular weight is 408 g/mol. The summed E-state index contributed by atoms with van der Waals surface area (Å²) in [5, 5.41) is 3.51. The van der Waals surface area contributed by atoms with Gasteiger partial charge in [0.2, 0.25) is 0 Å². The van der Waals surface area contributed by atoms with Crippen molar-refractivity contribution in [3.63, 3.8) is 0 Å². The summed E-state index contributed by atoms with van der Waals surface area (Å²) in [7, 11) is 0. The monoisotopic (exact) mass is 407 g/mol. The van der Waals surface area contributed by atoms with Gasteiger partial charge in [-0.3, -0.25) is 4.98 Å². The summed E-state index contributed by atoms with van der Waals surface area (Å²) in [6, 6.07) is 27.7. The molecule has 0 fully saturated rings. The van der Waals surface area contributed by atoms with Gasteiger partial charge in [0, 0.05) is 30.1 Å². The molecule has 2 heterocycles. The van der Waals surface area contributed by atoms with Crippen LogP contribution in [0, 0.1) is 0 Å². The van der Waals surface area contributed by atoms with E-state index in [2.05, 4.69) is 90.9 Å². The minimum absolute atomic E-state index is 0.489. The quantitative estimate of drug-likeness (QED) is 0.320. The van der Waals surface area contributed by atoms with Crippen molar-refractivity contribution in [1.82, 2.24) is 9.97 Å². The lowest BCUT2D eigenvalue weighted by Crippen LogP contribution is -2.05. The normalized spacial score (nSPS) is 10.9. The fourth-order valence-electron chi connectivity index (χ4n) is 3.74. The molecule has 0 saturated carbocycles. The van der Waals surface area contributed by atoms with Crippen molar-refractivity contribution in [2.45, 2.75) is 32.6 Å². The van der Waals surface area contributed by atoms with Gasteiger partial charge in [-0.1, -0.05) is 68.4 Å². The summed E-state index contributed by atoms with van der Waals surface area (Å²) in [5.41, 5.74) is 7.10. The third-order valence-electron chi connectivity index (χ3n) is 5.50. The largest absolute Gasteiger partial charge is 0.370 e. The van der Waals surface area contributed by atoms with E-state index in [1.54, 1.807) is 0 Å². The molecule has 0 spiro atoms. The van der Waals surface area contributed by atoms with Crippen LogP contribution in [0.5, 0.6) is 0 Å². The highest BCUT2D eigenvalue weighted by molar-refractivity contribution is 5.82. The maximum atomic E-state index is 5.00. The molecule has 1 N–H and O–H groups in total. The van der Waals surface area contributed by atoms with E-state index >= 15 is 0 Å². The van der Waals surface area contributed by atoms with Crippen LogP contribution in [0.2, 0.25) is 0 Å². The summed E-state index contributed by atoms with van der Waals surface area (Å²) in [6.45, 7) is 5.34. The summed E-state index contributed by atoms with van der Waals surface area (Å²) in [6.07, 6.45) is 5.77. The number of hydrogen-bond acceptors (Lipinski definition) is 3. The first-order valence-electron chi connectivity index (χ1n) is 11.0. The first kappa shape index (κ1) is 20.8. The Morgan fingerprint density at radius 3 is 2.39 bits per heavy atom. The molecule has 0 radical (unpaired) electrons. The summed E-state index contributed by atoms with van der Waals surface area (Å²) in [5.74, 6) is 1.39. The Morgan fingerprint density at radius 1 is 0.806 bits per heavy atom. The minimum Gasteiger partial charge on any atom is -0.370 e. The number of anilines is 1. The van der Waals surface area contributed by atoms with E-state index in [0.29, 0.717) is 5.92 Å². The van der Waals surface area contributed by atoms with Crippen LogP contribution in [0.15, 0.2) is 91.3 Å². The maximum Gasteiger partial charge on any atom is 0.126 e. The van der Waals surface area contributed by atoms with Gasteiger partial charge >= 0.3 is 0 Å². The van der Waals surface area contributed by atoms with Crippen molar-refractivity contribution < 1.29 is 0 Å². The van der Waals surface area contributed by atoms with Crippen LogP contribution in [0.3, 0.4) is 0 Å². The highest BCUT2D eigenvalue weighted by Crippen LogP contribution is 2.33. The van der Waals surface area contributed by atoms with E-state index in [9.17, 15) is 0 Å². The van der Waals surface area contributed by atoms with E-state index in [1.807, 2.05) is 24.5 Å². The number of benzene rings is 2. The molecule has 0 aliphatic heterocycles. The number of aromatic nitrogens is 2. The molecule has 0 amide bonds. The molecule has 3 heteroatoms. The molecule has 0 unspecified atom stereocenters. The van der Waals surface area contributed by atoms with Crippen LogP contribution >= 0.6 is 0 Å². The van der Waals surface area contributed by atoms with Gasteiger partial charge in [-0.05, 0) is 59.7 Å². The molecule has 4 rings (SSSR count). The summed E-state index contributed by atoms with van der Waals surface area (Å²) >= 11 is 0. The van der Waals surface area contributed by atoms with Crippen molar-refractivity contribution in [1.29, 1.82) is 0 Å². The molecule has 156 valence electrons. The maximum absolute atomic E-state index is 5.00. The second kappa shape index (κ2) is 10.0. The van der Waals surface area contributed by atoms with Gasteiger partial charge in [0.1, 0.15) is 5.82 Å². The molecular formula is C28H29N3. The van der Waals surface area contributed by atoms with Gasteiger partial charge in [-0.15, -0.1) is 0 Å². The van der Waals surface area contributed by atoms with Crippen molar-refractivity contribution in [2.75, 3.05) is 11.9 Å².